The van der Waals surface area contributed by atoms with Crippen LogP contribution in [0.5, 0.6) is 0 Å². The Morgan fingerprint density at radius 2 is 1.90 bits per heavy atom. The molecular weight excluding hydrogens is 256 g/mol. The molecule has 1 rings (SSSR count). The van der Waals surface area contributed by atoms with Gasteiger partial charge >= 0.3 is 5.97 Å². The number of anilines is 1. The van der Waals surface area contributed by atoms with Crippen LogP contribution in [0.1, 0.15) is 31.7 Å². The lowest BCUT2D eigenvalue weighted by atomic mass is 10.1. The summed E-state index contributed by atoms with van der Waals surface area (Å²) in [5, 5.41) is 8.97. The second-order valence-electron chi connectivity index (χ2n) is 4.90. The van der Waals surface area contributed by atoms with Gasteiger partial charge in [0.15, 0.2) is 0 Å². The molecule has 0 heterocycles. The van der Waals surface area contributed by atoms with Crippen LogP contribution in [0, 0.1) is 6.92 Å². The van der Waals surface area contributed by atoms with E-state index in [4.69, 9.17) is 10.8 Å². The molecule has 5 nitrogen and oxygen atoms in total. The first kappa shape index (κ1) is 16.2. The lowest BCUT2D eigenvalue weighted by molar-refractivity contribution is -0.136. The fourth-order valence-electron chi connectivity index (χ4n) is 1.90. The van der Waals surface area contributed by atoms with Gasteiger partial charge in [-0.2, -0.15) is 0 Å². The molecule has 1 aromatic carbocycles. The molecular formula is C15H22N2O3. The summed E-state index contributed by atoms with van der Waals surface area (Å²) in [6.07, 6.45) is 2.36. The van der Waals surface area contributed by atoms with E-state index >= 15 is 0 Å². The molecule has 0 bridgehead atoms. The SMILES string of the molecule is CCCC[C@H](N)C(=O)N(CC(=O)O)c1ccc(C)cc1. The Morgan fingerprint density at radius 3 is 2.40 bits per heavy atom. The van der Waals surface area contributed by atoms with Crippen molar-refractivity contribution in [3.63, 3.8) is 0 Å². The number of carbonyl (C=O) groups excluding carboxylic acids is 1. The smallest absolute Gasteiger partial charge is 0.323 e. The summed E-state index contributed by atoms with van der Waals surface area (Å²) in [5.74, 6) is -1.40. The highest BCUT2D eigenvalue weighted by Crippen LogP contribution is 2.17. The largest absolute Gasteiger partial charge is 0.480 e. The number of aliphatic carboxylic acids is 1. The van der Waals surface area contributed by atoms with E-state index in [1.165, 1.54) is 4.90 Å². The minimum atomic E-state index is -1.05. The number of hydrogen-bond donors (Lipinski definition) is 2. The number of aryl methyl sites for hydroxylation is 1. The molecule has 5 heteroatoms. The normalized spacial score (nSPS) is 11.9. The average Bonchev–Trinajstić information content (AvgIpc) is 2.42. The van der Waals surface area contributed by atoms with Crippen molar-refractivity contribution >= 4 is 17.6 Å². The highest BCUT2D eigenvalue weighted by Gasteiger charge is 2.23. The maximum atomic E-state index is 12.3. The van der Waals surface area contributed by atoms with Crippen molar-refractivity contribution in [2.75, 3.05) is 11.4 Å². The van der Waals surface area contributed by atoms with Crippen LogP contribution >= 0.6 is 0 Å². The highest BCUT2D eigenvalue weighted by molar-refractivity contribution is 6.00. The van der Waals surface area contributed by atoms with Crippen molar-refractivity contribution in [2.24, 2.45) is 5.73 Å². The molecule has 0 unspecified atom stereocenters. The fraction of sp³-hybridized carbons (Fsp3) is 0.467. The first-order chi connectivity index (χ1) is 9.45. The standard InChI is InChI=1S/C15H22N2O3/c1-3-4-5-13(16)15(20)17(10-14(18)19)12-8-6-11(2)7-9-12/h6-9,13H,3-5,10,16H2,1-2H3,(H,18,19)/t13-/m0/s1. The number of nitrogens with zero attached hydrogens (tertiary/aromatic N) is 1. The Balaban J connectivity index is 2.91. The molecule has 0 aromatic heterocycles. The number of unbranched alkanes of at least 4 members (excludes halogenated alkanes) is 1. The van der Waals surface area contributed by atoms with E-state index in [-0.39, 0.29) is 12.5 Å². The van der Waals surface area contributed by atoms with E-state index in [0.29, 0.717) is 12.1 Å². The monoisotopic (exact) mass is 278 g/mol. The van der Waals surface area contributed by atoms with Crippen molar-refractivity contribution < 1.29 is 14.7 Å². The topological polar surface area (TPSA) is 83.6 Å². The van der Waals surface area contributed by atoms with Crippen LogP contribution in [-0.4, -0.2) is 29.6 Å². The van der Waals surface area contributed by atoms with E-state index < -0.39 is 12.0 Å². The van der Waals surface area contributed by atoms with Crippen molar-refractivity contribution in [3.05, 3.63) is 29.8 Å². The van der Waals surface area contributed by atoms with Crippen molar-refractivity contribution in [1.82, 2.24) is 0 Å². The lowest BCUT2D eigenvalue weighted by Gasteiger charge is -2.24. The van der Waals surface area contributed by atoms with Crippen LogP contribution in [0.3, 0.4) is 0 Å². The van der Waals surface area contributed by atoms with Crippen LogP contribution in [-0.2, 0) is 9.59 Å². The summed E-state index contributed by atoms with van der Waals surface area (Å²) in [5.41, 5.74) is 7.48. The predicted octanol–water partition coefficient (Wildman–Crippen LogP) is 1.93. The molecule has 0 saturated carbocycles. The maximum absolute atomic E-state index is 12.3. The van der Waals surface area contributed by atoms with E-state index in [1.54, 1.807) is 12.1 Å². The van der Waals surface area contributed by atoms with E-state index in [2.05, 4.69) is 0 Å². The third-order valence-corrected chi connectivity index (χ3v) is 3.09. The van der Waals surface area contributed by atoms with Crippen LogP contribution in [0.15, 0.2) is 24.3 Å². The zero-order chi connectivity index (χ0) is 15.1. The van der Waals surface area contributed by atoms with Gasteiger partial charge in [-0.05, 0) is 25.5 Å². The molecule has 0 fully saturated rings. The Bertz CT molecular complexity index is 457. The van der Waals surface area contributed by atoms with Crippen molar-refractivity contribution in [2.45, 2.75) is 39.2 Å². The van der Waals surface area contributed by atoms with Gasteiger partial charge in [0, 0.05) is 5.69 Å². The van der Waals surface area contributed by atoms with Gasteiger partial charge in [-0.15, -0.1) is 0 Å². The van der Waals surface area contributed by atoms with Crippen molar-refractivity contribution in [1.29, 1.82) is 0 Å². The first-order valence-corrected chi connectivity index (χ1v) is 6.81. The Kier molecular flexibility index (Phi) is 6.18. The predicted molar refractivity (Wildman–Crippen MR) is 78.7 cm³/mol. The molecule has 1 atom stereocenters. The molecule has 0 aliphatic heterocycles. The number of carbonyl (C=O) groups is 2. The molecule has 110 valence electrons. The second-order valence-corrected chi connectivity index (χ2v) is 4.90. The molecule has 0 spiro atoms. The summed E-state index contributed by atoms with van der Waals surface area (Å²) in [6, 6.07) is 6.51. The summed E-state index contributed by atoms with van der Waals surface area (Å²) < 4.78 is 0. The van der Waals surface area contributed by atoms with Crippen LogP contribution in [0.4, 0.5) is 5.69 Å². The van der Waals surface area contributed by atoms with Crippen LogP contribution < -0.4 is 10.6 Å². The molecule has 1 amide bonds. The Morgan fingerprint density at radius 1 is 1.30 bits per heavy atom. The number of benzene rings is 1. The highest BCUT2D eigenvalue weighted by atomic mass is 16.4. The van der Waals surface area contributed by atoms with Crippen LogP contribution in [0.25, 0.3) is 0 Å². The van der Waals surface area contributed by atoms with E-state index in [0.717, 1.165) is 18.4 Å². The Hall–Kier alpha value is -1.88. The van der Waals surface area contributed by atoms with Crippen molar-refractivity contribution in [3.8, 4) is 0 Å². The maximum Gasteiger partial charge on any atom is 0.323 e. The van der Waals surface area contributed by atoms with Gasteiger partial charge in [0.25, 0.3) is 0 Å². The molecule has 0 saturated heterocycles. The van der Waals surface area contributed by atoms with Gasteiger partial charge < -0.3 is 10.8 Å². The zero-order valence-corrected chi connectivity index (χ0v) is 12.0. The van der Waals surface area contributed by atoms with Gasteiger partial charge in [0.05, 0.1) is 6.04 Å². The third-order valence-electron chi connectivity index (χ3n) is 3.09. The Labute approximate surface area is 119 Å². The summed E-state index contributed by atoms with van der Waals surface area (Å²) in [6.45, 7) is 3.58. The molecule has 20 heavy (non-hydrogen) atoms. The minimum absolute atomic E-state index is 0.343. The number of nitrogens with two attached hydrogens (primary N) is 1. The fourth-order valence-corrected chi connectivity index (χ4v) is 1.90. The number of rotatable bonds is 7. The molecule has 0 radical (unpaired) electrons. The molecule has 1 aromatic rings. The number of hydrogen-bond acceptors (Lipinski definition) is 3. The van der Waals surface area contributed by atoms with Gasteiger partial charge in [0.2, 0.25) is 5.91 Å². The quantitative estimate of drug-likeness (QED) is 0.798. The lowest BCUT2D eigenvalue weighted by Crippen LogP contribution is -2.46. The summed E-state index contributed by atoms with van der Waals surface area (Å²) in [4.78, 5) is 24.5. The van der Waals surface area contributed by atoms with Gasteiger partial charge in [-0.25, -0.2) is 0 Å². The van der Waals surface area contributed by atoms with Crippen LogP contribution in [0.2, 0.25) is 0 Å². The molecule has 0 aliphatic rings. The second kappa shape index (κ2) is 7.65. The molecule has 0 aliphatic carbocycles. The number of amides is 1. The number of carboxylic acid groups (broad SMARTS) is 1. The average molecular weight is 278 g/mol. The van der Waals surface area contributed by atoms with E-state index in [9.17, 15) is 9.59 Å². The molecule has 3 N–H and O–H groups in total. The minimum Gasteiger partial charge on any atom is -0.480 e. The third kappa shape index (κ3) is 4.66. The van der Waals surface area contributed by atoms with E-state index in [1.807, 2.05) is 26.0 Å². The summed E-state index contributed by atoms with van der Waals surface area (Å²) >= 11 is 0. The van der Waals surface area contributed by atoms with Gasteiger partial charge in [-0.1, -0.05) is 37.5 Å². The first-order valence-electron chi connectivity index (χ1n) is 6.81. The van der Waals surface area contributed by atoms with Gasteiger partial charge in [0.1, 0.15) is 6.54 Å². The zero-order valence-electron chi connectivity index (χ0n) is 12.0. The number of carboxylic acids is 1. The van der Waals surface area contributed by atoms with Gasteiger partial charge in [-0.3, -0.25) is 14.5 Å². The summed E-state index contributed by atoms with van der Waals surface area (Å²) in [7, 11) is 0.